The van der Waals surface area contributed by atoms with Crippen LogP contribution in [0.3, 0.4) is 0 Å². The van der Waals surface area contributed by atoms with E-state index in [2.05, 4.69) is 33.8 Å². The Labute approximate surface area is 118 Å². The Bertz CT molecular complexity index is 364. The van der Waals surface area contributed by atoms with Crippen molar-refractivity contribution in [1.82, 2.24) is 0 Å². The third-order valence-electron chi connectivity index (χ3n) is 5.80. The smallest absolute Gasteiger partial charge is 0.136 e. The normalized spacial score (nSPS) is 35.9. The molecule has 1 heteroatoms. The number of allylic oxidation sites excluding steroid dienone is 2. The molecule has 1 nitrogen and oxygen atoms in total. The van der Waals surface area contributed by atoms with Gasteiger partial charge in [-0.15, -0.1) is 0 Å². The monoisotopic (exact) mass is 262 g/mol. The van der Waals surface area contributed by atoms with E-state index in [-0.39, 0.29) is 0 Å². The fourth-order valence-corrected chi connectivity index (χ4v) is 4.74. The van der Waals surface area contributed by atoms with Crippen molar-refractivity contribution < 1.29 is 4.79 Å². The van der Waals surface area contributed by atoms with Gasteiger partial charge in [0, 0.05) is 12.3 Å². The summed E-state index contributed by atoms with van der Waals surface area (Å²) in [5.41, 5.74) is 1.75. The third-order valence-corrected chi connectivity index (χ3v) is 5.80. The molecule has 2 saturated carbocycles. The molecule has 2 fully saturated rings. The van der Waals surface area contributed by atoms with Gasteiger partial charge in [-0.25, -0.2) is 0 Å². The number of hydrogen-bond donors (Lipinski definition) is 0. The van der Waals surface area contributed by atoms with Crippen molar-refractivity contribution >= 4 is 5.78 Å². The van der Waals surface area contributed by atoms with Gasteiger partial charge in [0.05, 0.1) is 0 Å². The lowest BCUT2D eigenvalue weighted by Crippen LogP contribution is -2.39. The summed E-state index contributed by atoms with van der Waals surface area (Å²) in [6.07, 6.45) is 10.5. The van der Waals surface area contributed by atoms with Gasteiger partial charge in [-0.05, 0) is 69.6 Å². The summed E-state index contributed by atoms with van der Waals surface area (Å²) in [5.74, 6) is 2.48. The maximum Gasteiger partial charge on any atom is 0.136 e. The van der Waals surface area contributed by atoms with Crippen LogP contribution in [0, 0.1) is 23.2 Å². The zero-order valence-corrected chi connectivity index (χ0v) is 13.2. The van der Waals surface area contributed by atoms with E-state index in [1.165, 1.54) is 31.3 Å². The predicted molar refractivity (Wildman–Crippen MR) is 81.0 cm³/mol. The molecule has 0 heterocycles. The summed E-state index contributed by atoms with van der Waals surface area (Å²) in [7, 11) is 0. The molecule has 0 N–H and O–H groups in total. The van der Waals surface area contributed by atoms with Gasteiger partial charge in [0.2, 0.25) is 0 Å². The molecule has 0 aliphatic heterocycles. The molecule has 19 heavy (non-hydrogen) atoms. The van der Waals surface area contributed by atoms with E-state index in [1.54, 1.807) is 0 Å². The molecule has 0 spiro atoms. The molecule has 0 unspecified atom stereocenters. The molecule has 0 aromatic heterocycles. The number of Topliss-reactive ketones (excluding diaryl/α,β-unsaturated/α-hetero) is 1. The lowest BCUT2D eigenvalue weighted by atomic mass is 9.62. The Hall–Kier alpha value is -0.590. The quantitative estimate of drug-likeness (QED) is 0.640. The molecular weight excluding hydrogens is 232 g/mol. The Morgan fingerprint density at radius 3 is 2.84 bits per heavy atom. The third kappa shape index (κ3) is 2.95. The molecule has 0 radical (unpaired) electrons. The molecule has 4 atom stereocenters. The van der Waals surface area contributed by atoms with Crippen molar-refractivity contribution in [2.75, 3.05) is 0 Å². The summed E-state index contributed by atoms with van der Waals surface area (Å²) >= 11 is 0. The standard InChI is InChI=1S/C18H30O/c1-13(2)7-5-8-14(3)15-10-11-16-17(19)9-6-12-18(15,16)4/h7,14-16H,5-6,8-12H2,1-4H3/t14-,15-,16+,18-/m1/s1. The van der Waals surface area contributed by atoms with Crippen LogP contribution in [0.4, 0.5) is 0 Å². The highest BCUT2D eigenvalue weighted by Crippen LogP contribution is 2.57. The Morgan fingerprint density at radius 2 is 2.16 bits per heavy atom. The molecule has 2 rings (SSSR count). The Balaban J connectivity index is 2.00. The summed E-state index contributed by atoms with van der Waals surface area (Å²) in [5, 5.41) is 0. The number of fused-ring (bicyclic) bond motifs is 1. The molecule has 0 bridgehead atoms. The minimum Gasteiger partial charge on any atom is -0.299 e. The lowest BCUT2D eigenvalue weighted by Gasteiger charge is -2.42. The zero-order valence-electron chi connectivity index (χ0n) is 13.2. The van der Waals surface area contributed by atoms with Crippen LogP contribution in [0.25, 0.3) is 0 Å². The minimum atomic E-state index is 0.319. The van der Waals surface area contributed by atoms with Crippen LogP contribution in [-0.2, 0) is 4.79 Å². The topological polar surface area (TPSA) is 17.1 Å². The first kappa shape index (κ1) is 14.8. The number of hydrogen-bond acceptors (Lipinski definition) is 1. The average Bonchev–Trinajstić information content (AvgIpc) is 2.67. The van der Waals surface area contributed by atoms with Crippen LogP contribution in [0.5, 0.6) is 0 Å². The number of carbonyl (C=O) groups excluding carboxylic acids is 1. The molecule has 0 aromatic rings. The first-order valence-electron chi connectivity index (χ1n) is 8.11. The van der Waals surface area contributed by atoms with Crippen molar-refractivity contribution in [2.45, 2.75) is 72.6 Å². The molecule has 0 aromatic carbocycles. The Morgan fingerprint density at radius 1 is 1.42 bits per heavy atom. The average molecular weight is 262 g/mol. The van der Waals surface area contributed by atoms with Gasteiger partial charge in [-0.2, -0.15) is 0 Å². The van der Waals surface area contributed by atoms with Crippen LogP contribution in [0.15, 0.2) is 11.6 Å². The van der Waals surface area contributed by atoms with Gasteiger partial charge in [0.1, 0.15) is 5.78 Å². The molecule has 2 aliphatic carbocycles. The number of ketones is 1. The summed E-state index contributed by atoms with van der Waals surface area (Å²) in [6, 6.07) is 0. The van der Waals surface area contributed by atoms with Crippen molar-refractivity contribution in [3.8, 4) is 0 Å². The number of rotatable bonds is 4. The van der Waals surface area contributed by atoms with Gasteiger partial charge >= 0.3 is 0 Å². The Kier molecular flexibility index (Phi) is 4.53. The van der Waals surface area contributed by atoms with Gasteiger partial charge in [-0.3, -0.25) is 4.79 Å². The van der Waals surface area contributed by atoms with E-state index in [9.17, 15) is 4.79 Å². The summed E-state index contributed by atoms with van der Waals surface area (Å²) < 4.78 is 0. The first-order valence-corrected chi connectivity index (χ1v) is 8.11. The van der Waals surface area contributed by atoms with Crippen molar-refractivity contribution in [1.29, 1.82) is 0 Å². The SMILES string of the molecule is CC(C)=CCC[C@@H](C)[C@H]1CC[C@H]2C(=O)CCC[C@]12C. The van der Waals surface area contributed by atoms with E-state index < -0.39 is 0 Å². The maximum absolute atomic E-state index is 12.1. The van der Waals surface area contributed by atoms with Crippen LogP contribution in [0.1, 0.15) is 72.6 Å². The predicted octanol–water partition coefficient (Wildman–Crippen LogP) is 5.15. The van der Waals surface area contributed by atoms with Crippen LogP contribution < -0.4 is 0 Å². The highest BCUT2D eigenvalue weighted by molar-refractivity contribution is 5.83. The van der Waals surface area contributed by atoms with E-state index in [0.717, 1.165) is 31.1 Å². The zero-order chi connectivity index (χ0) is 14.0. The largest absolute Gasteiger partial charge is 0.299 e. The van der Waals surface area contributed by atoms with Crippen LogP contribution in [-0.4, -0.2) is 5.78 Å². The van der Waals surface area contributed by atoms with Crippen LogP contribution in [0.2, 0.25) is 0 Å². The fraction of sp³-hybridized carbons (Fsp3) is 0.833. The highest BCUT2D eigenvalue weighted by Gasteiger charge is 2.52. The highest BCUT2D eigenvalue weighted by atomic mass is 16.1. The van der Waals surface area contributed by atoms with Gasteiger partial charge in [0.25, 0.3) is 0 Å². The second-order valence-corrected chi connectivity index (χ2v) is 7.40. The fourth-order valence-electron chi connectivity index (χ4n) is 4.74. The van der Waals surface area contributed by atoms with Crippen LogP contribution >= 0.6 is 0 Å². The minimum absolute atomic E-state index is 0.319. The summed E-state index contributed by atoms with van der Waals surface area (Å²) in [4.78, 5) is 12.1. The van der Waals surface area contributed by atoms with Gasteiger partial charge < -0.3 is 0 Å². The van der Waals surface area contributed by atoms with Crippen molar-refractivity contribution in [3.05, 3.63) is 11.6 Å². The second-order valence-electron chi connectivity index (χ2n) is 7.40. The summed E-state index contributed by atoms with van der Waals surface area (Å²) in [6.45, 7) is 9.18. The van der Waals surface area contributed by atoms with E-state index in [1.807, 2.05) is 0 Å². The molecule has 0 saturated heterocycles. The molecule has 0 amide bonds. The number of carbonyl (C=O) groups is 1. The maximum atomic E-state index is 12.1. The second kappa shape index (κ2) is 5.81. The lowest BCUT2D eigenvalue weighted by molar-refractivity contribution is -0.130. The van der Waals surface area contributed by atoms with Gasteiger partial charge in [0.15, 0.2) is 0 Å². The van der Waals surface area contributed by atoms with Crippen molar-refractivity contribution in [3.63, 3.8) is 0 Å². The first-order chi connectivity index (χ1) is 8.95. The molecule has 108 valence electrons. The van der Waals surface area contributed by atoms with Crippen molar-refractivity contribution in [2.24, 2.45) is 23.2 Å². The van der Waals surface area contributed by atoms with E-state index in [4.69, 9.17) is 0 Å². The van der Waals surface area contributed by atoms with E-state index >= 15 is 0 Å². The molecular formula is C18H30O. The molecule has 2 aliphatic rings. The van der Waals surface area contributed by atoms with Gasteiger partial charge in [-0.1, -0.05) is 25.5 Å². The van der Waals surface area contributed by atoms with E-state index in [0.29, 0.717) is 17.1 Å².